The van der Waals surface area contributed by atoms with E-state index in [9.17, 15) is 14.0 Å². The maximum atomic E-state index is 14.0. The highest BCUT2D eigenvalue weighted by atomic mass is 19.1. The van der Waals surface area contributed by atoms with Gasteiger partial charge in [0.15, 0.2) is 6.10 Å². The summed E-state index contributed by atoms with van der Waals surface area (Å²) in [5, 5.41) is 2.95. The third-order valence-electron chi connectivity index (χ3n) is 6.43. The van der Waals surface area contributed by atoms with Crippen molar-refractivity contribution in [3.8, 4) is 5.75 Å². The lowest BCUT2D eigenvalue weighted by molar-refractivity contribution is -0.129. The highest BCUT2D eigenvalue weighted by Crippen LogP contribution is 2.35. The van der Waals surface area contributed by atoms with Crippen LogP contribution >= 0.6 is 0 Å². The first-order valence-electron chi connectivity index (χ1n) is 12.0. The predicted octanol–water partition coefficient (Wildman–Crippen LogP) is 2.97. The van der Waals surface area contributed by atoms with Crippen LogP contribution in [0.3, 0.4) is 0 Å². The number of hydrogen-bond acceptors (Lipinski definition) is 5. The van der Waals surface area contributed by atoms with Gasteiger partial charge in [-0.15, -0.1) is 0 Å². The fourth-order valence-electron chi connectivity index (χ4n) is 4.51. The number of ether oxygens (including phenoxy) is 1. The number of carbonyl (C=O) groups is 2. The Labute approximate surface area is 200 Å². The molecule has 2 aliphatic heterocycles. The van der Waals surface area contributed by atoms with Crippen LogP contribution in [0.4, 0.5) is 15.8 Å². The molecule has 0 spiro atoms. The normalized spacial score (nSPS) is 18.4. The van der Waals surface area contributed by atoms with E-state index in [4.69, 9.17) is 4.74 Å². The maximum absolute atomic E-state index is 14.0. The van der Waals surface area contributed by atoms with Crippen LogP contribution in [0.1, 0.15) is 25.3 Å². The molecule has 0 radical (unpaired) electrons. The van der Waals surface area contributed by atoms with E-state index in [-0.39, 0.29) is 24.2 Å². The molecular formula is C26H33FN4O3. The number of aryl methyl sites for hydroxylation is 1. The van der Waals surface area contributed by atoms with Gasteiger partial charge in [-0.25, -0.2) is 4.39 Å². The first kappa shape index (κ1) is 24.0. The number of amides is 2. The average Bonchev–Trinajstić information content (AvgIpc) is 2.84. The molecule has 1 atom stereocenters. The van der Waals surface area contributed by atoms with Crippen LogP contribution in [0, 0.1) is 12.7 Å². The maximum Gasteiger partial charge on any atom is 0.268 e. The van der Waals surface area contributed by atoms with E-state index < -0.39 is 6.10 Å². The summed E-state index contributed by atoms with van der Waals surface area (Å²) in [6.07, 6.45) is 0.801. The number of benzene rings is 2. The fourth-order valence-corrected chi connectivity index (χ4v) is 4.51. The Morgan fingerprint density at radius 2 is 1.88 bits per heavy atom. The molecule has 1 saturated heterocycles. The molecule has 0 unspecified atom stereocenters. The van der Waals surface area contributed by atoms with Crippen LogP contribution in [0.25, 0.3) is 0 Å². The predicted molar refractivity (Wildman–Crippen MR) is 131 cm³/mol. The lowest BCUT2D eigenvalue weighted by Gasteiger charge is -2.36. The van der Waals surface area contributed by atoms with E-state index >= 15 is 0 Å². The van der Waals surface area contributed by atoms with Crippen LogP contribution < -0.4 is 19.9 Å². The van der Waals surface area contributed by atoms with Crippen molar-refractivity contribution in [1.82, 2.24) is 10.2 Å². The molecule has 4 rings (SSSR count). The van der Waals surface area contributed by atoms with Gasteiger partial charge in [0.1, 0.15) is 18.1 Å². The Hall–Kier alpha value is -3.13. The van der Waals surface area contributed by atoms with Gasteiger partial charge >= 0.3 is 0 Å². The highest BCUT2D eigenvalue weighted by Gasteiger charge is 2.34. The summed E-state index contributed by atoms with van der Waals surface area (Å²) in [4.78, 5) is 31.4. The van der Waals surface area contributed by atoms with Crippen LogP contribution in [0.2, 0.25) is 0 Å². The Bertz CT molecular complexity index is 1020. The quantitative estimate of drug-likeness (QED) is 0.604. The van der Waals surface area contributed by atoms with Gasteiger partial charge in [0.2, 0.25) is 5.91 Å². The second kappa shape index (κ2) is 10.9. The van der Waals surface area contributed by atoms with Gasteiger partial charge in [-0.3, -0.25) is 19.4 Å². The lowest BCUT2D eigenvalue weighted by atomic mass is 10.1. The summed E-state index contributed by atoms with van der Waals surface area (Å²) in [5.74, 6) is 0.102. The third-order valence-corrected chi connectivity index (χ3v) is 6.43. The van der Waals surface area contributed by atoms with Gasteiger partial charge in [-0.2, -0.15) is 0 Å². The smallest absolute Gasteiger partial charge is 0.268 e. The van der Waals surface area contributed by atoms with E-state index in [1.54, 1.807) is 6.07 Å². The molecule has 2 aromatic rings. The van der Waals surface area contributed by atoms with E-state index in [0.717, 1.165) is 44.7 Å². The SMILES string of the molecule is CC[C@H]1Oc2ccc(C)cc2N(CC(=O)NCCCN2CCN(c3ccccc3F)CC2)C1=O. The van der Waals surface area contributed by atoms with Gasteiger partial charge in [-0.05, 0) is 56.1 Å². The van der Waals surface area contributed by atoms with E-state index in [1.165, 1.54) is 11.0 Å². The number of halogens is 1. The molecule has 8 heteroatoms. The minimum absolute atomic E-state index is 0.0174. The van der Waals surface area contributed by atoms with Crippen LogP contribution in [0.5, 0.6) is 5.75 Å². The number of para-hydroxylation sites is 1. The average molecular weight is 469 g/mol. The van der Waals surface area contributed by atoms with Crippen molar-refractivity contribution in [3.05, 3.63) is 53.8 Å². The van der Waals surface area contributed by atoms with Crippen LogP contribution in [-0.2, 0) is 9.59 Å². The molecule has 34 heavy (non-hydrogen) atoms. The van der Waals surface area contributed by atoms with E-state index in [1.807, 2.05) is 44.2 Å². The monoisotopic (exact) mass is 468 g/mol. The fraction of sp³-hybridized carbons (Fsp3) is 0.462. The molecule has 2 aromatic carbocycles. The van der Waals surface area contributed by atoms with Gasteiger partial charge < -0.3 is 15.0 Å². The highest BCUT2D eigenvalue weighted by molar-refractivity contribution is 6.03. The zero-order valence-corrected chi connectivity index (χ0v) is 19.9. The number of nitrogens with one attached hydrogen (secondary N) is 1. The first-order valence-corrected chi connectivity index (χ1v) is 12.0. The number of fused-ring (bicyclic) bond motifs is 1. The third kappa shape index (κ3) is 5.50. The minimum Gasteiger partial charge on any atom is -0.478 e. The number of carbonyl (C=O) groups excluding carboxylic acids is 2. The molecule has 182 valence electrons. The summed E-state index contributed by atoms with van der Waals surface area (Å²) in [7, 11) is 0. The van der Waals surface area contributed by atoms with Crippen molar-refractivity contribution in [2.45, 2.75) is 32.8 Å². The molecule has 1 N–H and O–H groups in total. The largest absolute Gasteiger partial charge is 0.478 e. The van der Waals surface area contributed by atoms with Crippen molar-refractivity contribution in [1.29, 1.82) is 0 Å². The summed E-state index contributed by atoms with van der Waals surface area (Å²) < 4.78 is 19.8. The second-order valence-corrected chi connectivity index (χ2v) is 8.89. The zero-order valence-electron chi connectivity index (χ0n) is 19.9. The standard InChI is InChI=1S/C26H33FN4O3/c1-3-23-26(33)31(22-17-19(2)9-10-24(22)34-23)18-25(32)28-11-6-12-29-13-15-30(16-14-29)21-8-5-4-7-20(21)27/h4-5,7-10,17,23H,3,6,11-16,18H2,1-2H3,(H,28,32)/t23-/m1/s1. The van der Waals surface area contributed by atoms with Gasteiger partial charge in [0.05, 0.1) is 11.4 Å². The van der Waals surface area contributed by atoms with Crippen molar-refractivity contribution in [2.75, 3.05) is 55.6 Å². The van der Waals surface area contributed by atoms with Crippen molar-refractivity contribution >= 4 is 23.2 Å². The van der Waals surface area contributed by atoms with Crippen LogP contribution in [-0.4, -0.2) is 68.6 Å². The Morgan fingerprint density at radius 3 is 2.62 bits per heavy atom. The number of nitrogens with zero attached hydrogens (tertiary/aromatic N) is 3. The molecule has 0 aliphatic carbocycles. The lowest BCUT2D eigenvalue weighted by Crippen LogP contribution is -2.50. The summed E-state index contributed by atoms with van der Waals surface area (Å²) in [5.41, 5.74) is 2.32. The number of anilines is 2. The Kier molecular flexibility index (Phi) is 7.67. The molecule has 0 bridgehead atoms. The van der Waals surface area contributed by atoms with Gasteiger partial charge in [0.25, 0.3) is 5.91 Å². The Morgan fingerprint density at radius 1 is 1.12 bits per heavy atom. The molecule has 2 aliphatic rings. The number of rotatable bonds is 8. The molecular weight excluding hydrogens is 435 g/mol. The van der Waals surface area contributed by atoms with Crippen molar-refractivity contribution in [2.24, 2.45) is 0 Å². The van der Waals surface area contributed by atoms with E-state index in [0.29, 0.717) is 30.1 Å². The van der Waals surface area contributed by atoms with Gasteiger partial charge in [-0.1, -0.05) is 25.1 Å². The topological polar surface area (TPSA) is 65.1 Å². The summed E-state index contributed by atoms with van der Waals surface area (Å²) in [6.45, 7) is 8.52. The number of hydrogen-bond donors (Lipinski definition) is 1. The minimum atomic E-state index is -0.564. The summed E-state index contributed by atoms with van der Waals surface area (Å²) >= 11 is 0. The molecule has 0 saturated carbocycles. The molecule has 2 heterocycles. The molecule has 0 aromatic heterocycles. The number of piperazine rings is 1. The molecule has 7 nitrogen and oxygen atoms in total. The van der Waals surface area contributed by atoms with E-state index in [2.05, 4.69) is 15.1 Å². The second-order valence-electron chi connectivity index (χ2n) is 8.89. The van der Waals surface area contributed by atoms with Gasteiger partial charge in [0, 0.05) is 32.7 Å². The van der Waals surface area contributed by atoms with Crippen LogP contribution in [0.15, 0.2) is 42.5 Å². The molecule has 2 amide bonds. The van der Waals surface area contributed by atoms with Crippen molar-refractivity contribution < 1.29 is 18.7 Å². The zero-order chi connectivity index (χ0) is 24.1. The summed E-state index contributed by atoms with van der Waals surface area (Å²) in [6, 6.07) is 12.6. The molecule has 1 fully saturated rings. The Balaban J connectivity index is 1.22. The first-order chi connectivity index (χ1) is 16.5. The van der Waals surface area contributed by atoms with Crippen molar-refractivity contribution in [3.63, 3.8) is 0 Å².